The zero-order valence-corrected chi connectivity index (χ0v) is 15.7. The van der Waals surface area contributed by atoms with E-state index in [0.717, 1.165) is 29.8 Å². The molecule has 146 valence electrons. The first-order valence-corrected chi connectivity index (χ1v) is 9.69. The van der Waals surface area contributed by atoms with Gasteiger partial charge in [0.05, 0.1) is 12.4 Å². The summed E-state index contributed by atoms with van der Waals surface area (Å²) in [5.41, 5.74) is 2.99. The largest absolute Gasteiger partial charge is 0.476 e. The molecular formula is C22H20N4O3. The molecule has 2 bridgehead atoms. The lowest BCUT2D eigenvalue weighted by molar-refractivity contribution is 0.0690. The molecule has 0 unspecified atom stereocenters. The molecular weight excluding hydrogens is 368 g/mol. The van der Waals surface area contributed by atoms with Crippen LogP contribution in [0.2, 0.25) is 0 Å². The van der Waals surface area contributed by atoms with E-state index in [1.807, 2.05) is 34.9 Å². The van der Waals surface area contributed by atoms with Gasteiger partial charge in [-0.1, -0.05) is 30.3 Å². The van der Waals surface area contributed by atoms with E-state index in [2.05, 4.69) is 20.9 Å². The lowest BCUT2D eigenvalue weighted by atomic mass is 9.82. The molecule has 0 amide bonds. The van der Waals surface area contributed by atoms with Gasteiger partial charge in [0.25, 0.3) is 5.56 Å². The maximum atomic E-state index is 12.8. The average Bonchev–Trinajstić information content (AvgIpc) is 2.75. The van der Waals surface area contributed by atoms with Gasteiger partial charge in [-0.3, -0.25) is 9.78 Å². The third kappa shape index (κ3) is 3.18. The van der Waals surface area contributed by atoms with Gasteiger partial charge in [-0.05, 0) is 29.5 Å². The van der Waals surface area contributed by atoms with Crippen molar-refractivity contribution in [2.45, 2.75) is 18.9 Å². The molecule has 1 N–H and O–H groups in total. The molecule has 2 aliphatic heterocycles. The molecule has 0 radical (unpaired) electrons. The second-order valence-electron chi connectivity index (χ2n) is 7.76. The highest BCUT2D eigenvalue weighted by Crippen LogP contribution is 2.37. The first-order chi connectivity index (χ1) is 14.1. The van der Waals surface area contributed by atoms with Gasteiger partial charge in [0, 0.05) is 37.3 Å². The highest BCUT2D eigenvalue weighted by atomic mass is 16.4. The predicted octanol–water partition coefficient (Wildman–Crippen LogP) is 2.63. The van der Waals surface area contributed by atoms with Gasteiger partial charge in [0.15, 0.2) is 5.69 Å². The first-order valence-electron chi connectivity index (χ1n) is 9.69. The van der Waals surface area contributed by atoms with E-state index in [1.165, 1.54) is 6.20 Å². The molecule has 2 aliphatic rings. The van der Waals surface area contributed by atoms with Crippen LogP contribution in [0.1, 0.15) is 28.5 Å². The number of carbonyl (C=O) groups is 1. The summed E-state index contributed by atoms with van der Waals surface area (Å²) in [4.78, 5) is 34.5. The number of carboxylic acid groups (broad SMARTS) is 1. The fraction of sp³-hybridized carbons (Fsp3) is 0.273. The van der Waals surface area contributed by atoms with Crippen molar-refractivity contribution in [2.75, 3.05) is 18.0 Å². The number of hydrogen-bond donors (Lipinski definition) is 1. The van der Waals surface area contributed by atoms with Crippen LogP contribution in [0, 0.1) is 5.92 Å². The van der Waals surface area contributed by atoms with Crippen molar-refractivity contribution in [3.05, 3.63) is 76.6 Å². The van der Waals surface area contributed by atoms with E-state index in [9.17, 15) is 14.7 Å². The first kappa shape index (κ1) is 17.6. The minimum Gasteiger partial charge on any atom is -0.476 e. The predicted molar refractivity (Wildman–Crippen MR) is 108 cm³/mol. The molecule has 1 saturated heterocycles. The Morgan fingerprint density at radius 1 is 1.03 bits per heavy atom. The van der Waals surface area contributed by atoms with E-state index in [-0.39, 0.29) is 17.2 Å². The van der Waals surface area contributed by atoms with Crippen LogP contribution in [0.4, 0.5) is 5.82 Å². The van der Waals surface area contributed by atoms with Gasteiger partial charge in [0.2, 0.25) is 0 Å². The molecule has 5 rings (SSSR count). The quantitative estimate of drug-likeness (QED) is 0.742. The molecule has 7 nitrogen and oxygen atoms in total. The Kier molecular flexibility index (Phi) is 4.16. The molecule has 1 fully saturated rings. The molecule has 0 saturated carbocycles. The van der Waals surface area contributed by atoms with Crippen molar-refractivity contribution in [3.63, 3.8) is 0 Å². The second-order valence-corrected chi connectivity index (χ2v) is 7.76. The Morgan fingerprint density at radius 2 is 1.86 bits per heavy atom. The topological polar surface area (TPSA) is 88.3 Å². The molecule has 7 heteroatoms. The van der Waals surface area contributed by atoms with Crippen LogP contribution in [-0.2, 0) is 6.54 Å². The number of aromatic carboxylic acids is 1. The minimum atomic E-state index is -1.08. The van der Waals surface area contributed by atoms with Crippen molar-refractivity contribution in [2.24, 2.45) is 5.92 Å². The Bertz CT molecular complexity index is 1140. The number of pyridine rings is 1. The minimum absolute atomic E-state index is 0.0390. The smallest absolute Gasteiger partial charge is 0.356 e. The van der Waals surface area contributed by atoms with Crippen molar-refractivity contribution in [1.82, 2.24) is 14.5 Å². The van der Waals surface area contributed by atoms with Crippen molar-refractivity contribution < 1.29 is 9.90 Å². The van der Waals surface area contributed by atoms with Crippen LogP contribution < -0.4 is 10.5 Å². The number of hydrogen-bond acceptors (Lipinski definition) is 5. The van der Waals surface area contributed by atoms with Crippen LogP contribution in [0.15, 0.2) is 59.7 Å². The van der Waals surface area contributed by atoms with E-state index in [0.29, 0.717) is 24.8 Å². The molecule has 29 heavy (non-hydrogen) atoms. The average molecular weight is 388 g/mol. The second kappa shape index (κ2) is 6.84. The Hall–Kier alpha value is -3.48. The van der Waals surface area contributed by atoms with Crippen LogP contribution in [0.5, 0.6) is 0 Å². The van der Waals surface area contributed by atoms with Crippen LogP contribution >= 0.6 is 0 Å². The van der Waals surface area contributed by atoms with Gasteiger partial charge in [-0.2, -0.15) is 0 Å². The molecule has 0 spiro atoms. The third-order valence-corrected chi connectivity index (χ3v) is 5.83. The van der Waals surface area contributed by atoms with Gasteiger partial charge in [0.1, 0.15) is 5.82 Å². The fourth-order valence-electron chi connectivity index (χ4n) is 4.55. The zero-order valence-electron chi connectivity index (χ0n) is 15.7. The molecule has 2 atom stereocenters. The summed E-state index contributed by atoms with van der Waals surface area (Å²) in [6.07, 6.45) is 3.89. The highest BCUT2D eigenvalue weighted by molar-refractivity contribution is 5.85. The standard InChI is InChI=1S/C22H20N4O3/c27-21-8-16(15-4-2-1-3-5-15)7-19-17-6-14(12-26(19)21)11-25(13-17)20-10-23-9-18(24-20)22(28)29/h1-5,7-10,14,17H,6,11-13H2,(H,28,29)/t14-,17+/m0/s1. The zero-order chi connectivity index (χ0) is 20.0. The normalized spacial score (nSPS) is 20.2. The SMILES string of the molecule is O=C(O)c1cncc(N2C[C@@H]3C[C@H](C2)c2cc(-c4ccccc4)cc(=O)n2C3)n1. The van der Waals surface area contributed by atoms with Gasteiger partial charge in [-0.25, -0.2) is 9.78 Å². The van der Waals surface area contributed by atoms with E-state index in [4.69, 9.17) is 0 Å². The summed E-state index contributed by atoms with van der Waals surface area (Å²) >= 11 is 0. The summed E-state index contributed by atoms with van der Waals surface area (Å²) in [7, 11) is 0. The van der Waals surface area contributed by atoms with Crippen LogP contribution in [0.3, 0.4) is 0 Å². The number of aromatic nitrogens is 3. The number of fused-ring (bicyclic) bond motifs is 4. The monoisotopic (exact) mass is 388 g/mol. The van der Waals surface area contributed by atoms with Gasteiger partial charge in [-0.15, -0.1) is 0 Å². The summed E-state index contributed by atoms with van der Waals surface area (Å²) in [6.45, 7) is 2.09. The maximum absolute atomic E-state index is 12.8. The number of rotatable bonds is 3. The van der Waals surface area contributed by atoms with Crippen LogP contribution in [-0.4, -0.2) is 38.7 Å². The summed E-state index contributed by atoms with van der Waals surface area (Å²) < 4.78 is 1.90. The van der Waals surface area contributed by atoms with Crippen molar-refractivity contribution in [1.29, 1.82) is 0 Å². The molecule has 4 heterocycles. The Labute approximate surface area is 167 Å². The summed E-state index contributed by atoms with van der Waals surface area (Å²) in [5.74, 6) is 0.00141. The molecule has 3 aromatic rings. The number of benzene rings is 1. The number of piperidine rings is 1. The number of anilines is 1. The van der Waals surface area contributed by atoms with Gasteiger partial charge < -0.3 is 14.6 Å². The number of nitrogens with zero attached hydrogens (tertiary/aromatic N) is 4. The maximum Gasteiger partial charge on any atom is 0.356 e. The van der Waals surface area contributed by atoms with Crippen molar-refractivity contribution >= 4 is 11.8 Å². The Balaban J connectivity index is 1.51. The Morgan fingerprint density at radius 3 is 2.66 bits per heavy atom. The lowest BCUT2D eigenvalue weighted by Gasteiger charge is -2.43. The fourth-order valence-corrected chi connectivity index (χ4v) is 4.55. The lowest BCUT2D eigenvalue weighted by Crippen LogP contribution is -2.47. The molecule has 0 aliphatic carbocycles. The molecule has 2 aromatic heterocycles. The summed E-state index contributed by atoms with van der Waals surface area (Å²) in [5, 5.41) is 9.21. The van der Waals surface area contributed by atoms with Crippen LogP contribution in [0.25, 0.3) is 11.1 Å². The van der Waals surface area contributed by atoms with E-state index < -0.39 is 5.97 Å². The third-order valence-electron chi connectivity index (χ3n) is 5.83. The number of carboxylic acids is 1. The van der Waals surface area contributed by atoms with E-state index in [1.54, 1.807) is 12.3 Å². The molecule has 1 aromatic carbocycles. The van der Waals surface area contributed by atoms with Gasteiger partial charge >= 0.3 is 5.97 Å². The van der Waals surface area contributed by atoms with E-state index >= 15 is 0 Å². The summed E-state index contributed by atoms with van der Waals surface area (Å²) in [6, 6.07) is 13.8. The highest BCUT2D eigenvalue weighted by Gasteiger charge is 2.35. The van der Waals surface area contributed by atoms with Crippen molar-refractivity contribution in [3.8, 4) is 11.1 Å².